The van der Waals surface area contributed by atoms with Crippen LogP contribution >= 0.6 is 0 Å². The predicted molar refractivity (Wildman–Crippen MR) is 124 cm³/mol. The maximum Gasteiger partial charge on any atom is 0.293 e. The number of nitrogens with zero attached hydrogens (tertiary/aromatic N) is 3. The predicted octanol–water partition coefficient (Wildman–Crippen LogP) is 2.64. The summed E-state index contributed by atoms with van der Waals surface area (Å²) in [5.74, 6) is -0.136. The van der Waals surface area contributed by atoms with Gasteiger partial charge in [-0.15, -0.1) is 0 Å². The number of hydrogen-bond acceptors (Lipinski definition) is 6. The van der Waals surface area contributed by atoms with E-state index in [0.717, 1.165) is 37.0 Å². The highest BCUT2D eigenvalue weighted by Gasteiger charge is 2.21. The number of carbonyl (C=O) groups is 3. The molecule has 0 saturated carbocycles. The van der Waals surface area contributed by atoms with Gasteiger partial charge in [-0.2, -0.15) is 0 Å². The second-order valence-electron chi connectivity index (χ2n) is 9.05. The number of likely N-dealkylation sites (tertiary alicyclic amines) is 1. The van der Waals surface area contributed by atoms with Crippen molar-refractivity contribution in [3.05, 3.63) is 24.0 Å². The Bertz CT molecular complexity index is 911. The molecule has 0 atom stereocenters. The number of piperidine rings is 1. The Kier molecular flexibility index (Phi) is 9.19. The first-order valence-corrected chi connectivity index (χ1v) is 10.9. The molecule has 3 heterocycles. The van der Waals surface area contributed by atoms with E-state index in [1.807, 2.05) is 26.8 Å². The monoisotopic (exact) mass is 445 g/mol. The molecule has 3 rings (SSSR count). The SMILES string of the molecule is CC(C)(C)OC=O.Cc1cn(C2CCN(C)CC2)c2ncc(NC(=O)CCNC=O)cc12. The average Bonchev–Trinajstić information content (AvgIpc) is 3.04. The molecule has 0 aliphatic carbocycles. The lowest BCUT2D eigenvalue weighted by molar-refractivity contribution is -0.138. The number of amides is 2. The maximum absolute atomic E-state index is 11.9. The van der Waals surface area contributed by atoms with Crippen LogP contribution in [0.4, 0.5) is 5.69 Å². The largest absolute Gasteiger partial charge is 0.462 e. The number of ether oxygens (including phenoxy) is 1. The van der Waals surface area contributed by atoms with Crippen molar-refractivity contribution in [3.8, 4) is 0 Å². The molecular weight excluding hydrogens is 410 g/mol. The molecule has 32 heavy (non-hydrogen) atoms. The van der Waals surface area contributed by atoms with Crippen molar-refractivity contribution in [1.29, 1.82) is 0 Å². The third-order valence-corrected chi connectivity index (χ3v) is 5.22. The summed E-state index contributed by atoms with van der Waals surface area (Å²) in [6.07, 6.45) is 6.97. The molecule has 176 valence electrons. The molecule has 0 bridgehead atoms. The van der Waals surface area contributed by atoms with Crippen LogP contribution in [0.5, 0.6) is 0 Å². The van der Waals surface area contributed by atoms with Gasteiger partial charge in [0.05, 0.1) is 11.9 Å². The molecule has 0 unspecified atom stereocenters. The zero-order valence-corrected chi connectivity index (χ0v) is 19.7. The van der Waals surface area contributed by atoms with Crippen molar-refractivity contribution in [2.45, 2.75) is 58.6 Å². The first kappa shape index (κ1) is 25.3. The Balaban J connectivity index is 0.000000451. The molecule has 2 amide bonds. The van der Waals surface area contributed by atoms with E-state index in [4.69, 9.17) is 0 Å². The van der Waals surface area contributed by atoms with Gasteiger partial charge < -0.3 is 24.8 Å². The van der Waals surface area contributed by atoms with Crippen LogP contribution in [0, 0.1) is 6.92 Å². The number of aromatic nitrogens is 2. The Labute approximate surface area is 189 Å². The molecule has 9 heteroatoms. The van der Waals surface area contributed by atoms with Gasteiger partial charge in [-0.25, -0.2) is 4.98 Å². The summed E-state index contributed by atoms with van der Waals surface area (Å²) in [4.78, 5) is 38.7. The third-order valence-electron chi connectivity index (χ3n) is 5.22. The van der Waals surface area contributed by atoms with Gasteiger partial charge in [-0.1, -0.05) is 0 Å². The van der Waals surface area contributed by atoms with Gasteiger partial charge in [0.2, 0.25) is 12.3 Å². The summed E-state index contributed by atoms with van der Waals surface area (Å²) in [6, 6.07) is 2.46. The quantitative estimate of drug-likeness (QED) is 0.501. The molecule has 0 aromatic carbocycles. The van der Waals surface area contributed by atoms with Crippen molar-refractivity contribution < 1.29 is 19.1 Å². The Morgan fingerprint density at radius 2 is 1.97 bits per heavy atom. The fourth-order valence-corrected chi connectivity index (χ4v) is 3.53. The van der Waals surface area contributed by atoms with Gasteiger partial charge in [0.25, 0.3) is 6.47 Å². The number of hydrogen-bond donors (Lipinski definition) is 2. The van der Waals surface area contributed by atoms with Gasteiger partial charge in [0.1, 0.15) is 11.2 Å². The zero-order valence-electron chi connectivity index (χ0n) is 19.7. The minimum Gasteiger partial charge on any atom is -0.462 e. The molecule has 2 aromatic rings. The number of pyridine rings is 1. The number of aryl methyl sites for hydroxylation is 1. The smallest absolute Gasteiger partial charge is 0.293 e. The van der Waals surface area contributed by atoms with Gasteiger partial charge in [-0.05, 0) is 72.3 Å². The highest BCUT2D eigenvalue weighted by Crippen LogP contribution is 2.29. The van der Waals surface area contributed by atoms with E-state index >= 15 is 0 Å². The third kappa shape index (κ3) is 7.64. The lowest BCUT2D eigenvalue weighted by Gasteiger charge is -2.30. The first-order valence-electron chi connectivity index (χ1n) is 10.9. The standard InChI is InChI=1S/C18H25N5O2.C5H10O2/c1-13-11-23(15-4-7-22(2)8-5-15)18-16(13)9-14(10-20-18)21-17(25)3-6-19-12-24;1-5(2,3)7-4-6/h9-12,15H,3-8H2,1-2H3,(H,19,24)(H,21,25);4H,1-3H3. The van der Waals surface area contributed by atoms with Crippen LogP contribution in [0.2, 0.25) is 0 Å². The van der Waals surface area contributed by atoms with Crippen LogP contribution in [-0.4, -0.2) is 65.5 Å². The lowest BCUT2D eigenvalue weighted by atomic mass is 10.1. The van der Waals surface area contributed by atoms with E-state index in [9.17, 15) is 14.4 Å². The van der Waals surface area contributed by atoms with Crippen molar-refractivity contribution in [2.24, 2.45) is 0 Å². The van der Waals surface area contributed by atoms with Crippen molar-refractivity contribution in [2.75, 3.05) is 32.0 Å². The molecule has 9 nitrogen and oxygen atoms in total. The number of nitrogens with one attached hydrogen (secondary N) is 2. The summed E-state index contributed by atoms with van der Waals surface area (Å²) in [6.45, 7) is 10.5. The number of rotatable bonds is 7. The molecule has 1 saturated heterocycles. The first-order chi connectivity index (χ1) is 15.1. The highest BCUT2D eigenvalue weighted by atomic mass is 16.5. The van der Waals surface area contributed by atoms with E-state index in [0.29, 0.717) is 31.2 Å². The van der Waals surface area contributed by atoms with Gasteiger partial charge in [0, 0.05) is 30.6 Å². The molecule has 1 fully saturated rings. The fourth-order valence-electron chi connectivity index (χ4n) is 3.53. The normalized spacial score (nSPS) is 14.9. The van der Waals surface area contributed by atoms with Crippen LogP contribution in [0.1, 0.15) is 51.6 Å². The molecule has 1 aliphatic rings. The second-order valence-corrected chi connectivity index (χ2v) is 9.05. The molecule has 1 aliphatic heterocycles. The Morgan fingerprint density at radius 1 is 1.28 bits per heavy atom. The van der Waals surface area contributed by atoms with Crippen molar-refractivity contribution in [3.63, 3.8) is 0 Å². The average molecular weight is 446 g/mol. The number of carbonyl (C=O) groups excluding carboxylic acids is 3. The van der Waals surface area contributed by atoms with E-state index < -0.39 is 0 Å². The van der Waals surface area contributed by atoms with Crippen LogP contribution in [0.3, 0.4) is 0 Å². The van der Waals surface area contributed by atoms with E-state index in [-0.39, 0.29) is 17.9 Å². The molecule has 0 radical (unpaired) electrons. The number of fused-ring (bicyclic) bond motifs is 1. The second kappa shape index (κ2) is 11.6. The van der Waals surface area contributed by atoms with Crippen LogP contribution in [0.15, 0.2) is 18.5 Å². The fraction of sp³-hybridized carbons (Fsp3) is 0.565. The Morgan fingerprint density at radius 3 is 2.53 bits per heavy atom. The van der Waals surface area contributed by atoms with Crippen LogP contribution < -0.4 is 10.6 Å². The summed E-state index contributed by atoms with van der Waals surface area (Å²) < 4.78 is 6.84. The van der Waals surface area contributed by atoms with Crippen molar-refractivity contribution in [1.82, 2.24) is 19.8 Å². The van der Waals surface area contributed by atoms with Gasteiger partial charge in [0.15, 0.2) is 0 Å². The minimum atomic E-state index is -0.318. The maximum atomic E-state index is 11.9. The van der Waals surface area contributed by atoms with Crippen molar-refractivity contribution >= 4 is 35.5 Å². The minimum absolute atomic E-state index is 0.136. The number of anilines is 1. The highest BCUT2D eigenvalue weighted by molar-refractivity contribution is 5.93. The van der Waals surface area contributed by atoms with E-state index in [1.165, 1.54) is 5.56 Å². The Hall–Kier alpha value is -2.94. The summed E-state index contributed by atoms with van der Waals surface area (Å²) in [5, 5.41) is 6.40. The summed E-state index contributed by atoms with van der Waals surface area (Å²) in [5.41, 5.74) is 2.52. The van der Waals surface area contributed by atoms with Gasteiger partial charge in [-0.3, -0.25) is 14.4 Å². The summed E-state index contributed by atoms with van der Waals surface area (Å²) >= 11 is 0. The van der Waals surface area contributed by atoms with Crippen LogP contribution in [0.25, 0.3) is 11.0 Å². The molecular formula is C23H35N5O4. The molecule has 2 N–H and O–H groups in total. The zero-order chi connectivity index (χ0) is 23.7. The summed E-state index contributed by atoms with van der Waals surface area (Å²) in [7, 11) is 2.16. The molecule has 0 spiro atoms. The topological polar surface area (TPSA) is 106 Å². The van der Waals surface area contributed by atoms with E-state index in [1.54, 1.807) is 6.20 Å². The lowest BCUT2D eigenvalue weighted by Crippen LogP contribution is -2.31. The molecule has 2 aromatic heterocycles. The van der Waals surface area contributed by atoms with E-state index in [2.05, 4.69) is 50.0 Å². The van der Waals surface area contributed by atoms with Crippen LogP contribution in [-0.2, 0) is 19.1 Å². The van der Waals surface area contributed by atoms with Gasteiger partial charge >= 0.3 is 0 Å².